The fourth-order valence-electron chi connectivity index (χ4n) is 1.97. The Balaban J connectivity index is 2.63. The molecule has 0 aliphatic rings. The number of rotatable bonds is 4. The van der Waals surface area contributed by atoms with Gasteiger partial charge in [0.15, 0.2) is 0 Å². The number of nitrogens with one attached hydrogen (secondary N) is 1. The summed E-state index contributed by atoms with van der Waals surface area (Å²) in [5.41, 5.74) is 0.353. The van der Waals surface area contributed by atoms with E-state index in [0.717, 1.165) is 21.9 Å². The lowest BCUT2D eigenvalue weighted by molar-refractivity contribution is -0.135. The van der Waals surface area contributed by atoms with Gasteiger partial charge in [-0.05, 0) is 37.1 Å². The first-order valence-corrected chi connectivity index (χ1v) is 6.69. The van der Waals surface area contributed by atoms with Crippen molar-refractivity contribution in [2.45, 2.75) is 13.8 Å². The number of H-pyrrole nitrogens is 1. The van der Waals surface area contributed by atoms with Crippen molar-refractivity contribution >= 4 is 12.2 Å². The Kier molecular flexibility index (Phi) is 4.44. The molecule has 8 heteroatoms. The van der Waals surface area contributed by atoms with Gasteiger partial charge in [-0.2, -0.15) is 0 Å². The van der Waals surface area contributed by atoms with Crippen molar-refractivity contribution in [1.82, 2.24) is 9.55 Å². The van der Waals surface area contributed by atoms with Gasteiger partial charge in [-0.15, -0.1) is 0 Å². The van der Waals surface area contributed by atoms with Gasteiger partial charge in [0.1, 0.15) is 12.1 Å². The Labute approximate surface area is 130 Å². The van der Waals surface area contributed by atoms with Gasteiger partial charge in [-0.25, -0.2) is 9.36 Å². The van der Waals surface area contributed by atoms with E-state index in [9.17, 15) is 19.5 Å². The van der Waals surface area contributed by atoms with E-state index in [1.165, 1.54) is 0 Å². The molecular weight excluding hydrogens is 302 g/mol. The molecule has 1 heterocycles. The number of hydrogen-bond donors (Lipinski definition) is 3. The van der Waals surface area contributed by atoms with E-state index in [1.807, 2.05) is 13.8 Å². The van der Waals surface area contributed by atoms with Crippen LogP contribution in [0.4, 0.5) is 0 Å². The maximum atomic E-state index is 12.0. The molecule has 0 atom stereocenters. The van der Waals surface area contributed by atoms with Crippen LogP contribution in [0.25, 0.3) is 5.69 Å². The first kappa shape index (κ1) is 16.2. The van der Waals surface area contributed by atoms with Crippen LogP contribution in [-0.2, 0) is 4.79 Å². The molecule has 0 fully saturated rings. The van der Waals surface area contributed by atoms with Crippen LogP contribution in [0, 0.1) is 13.8 Å². The number of carbonyl (C=O) groups is 1. The van der Waals surface area contributed by atoms with Gasteiger partial charge in [0.25, 0.3) is 5.56 Å². The van der Waals surface area contributed by atoms with E-state index in [2.05, 4.69) is 9.98 Å². The third kappa shape index (κ3) is 3.37. The van der Waals surface area contributed by atoms with Crippen LogP contribution >= 0.6 is 0 Å². The Bertz CT molecular complexity index is 908. The number of aliphatic carboxylic acids is 1. The zero-order valence-electron chi connectivity index (χ0n) is 12.5. The topological polar surface area (TPSA) is 125 Å². The highest BCUT2D eigenvalue weighted by Gasteiger charge is 2.14. The molecule has 2 rings (SSSR count). The predicted molar refractivity (Wildman–Crippen MR) is 83.9 cm³/mol. The highest BCUT2D eigenvalue weighted by Crippen LogP contribution is 2.18. The van der Waals surface area contributed by atoms with Crippen LogP contribution in [0.2, 0.25) is 0 Å². The van der Waals surface area contributed by atoms with Gasteiger partial charge in [0, 0.05) is 6.21 Å². The molecule has 2 aromatic rings. The minimum absolute atomic E-state index is 0.288. The second kappa shape index (κ2) is 6.30. The summed E-state index contributed by atoms with van der Waals surface area (Å²) in [5.74, 6) is -1.78. The second-order valence-corrected chi connectivity index (χ2v) is 4.96. The molecule has 23 heavy (non-hydrogen) atoms. The molecule has 8 nitrogen and oxygen atoms in total. The summed E-state index contributed by atoms with van der Waals surface area (Å²) in [6, 6.07) is 5.09. The number of hydrogen-bond acceptors (Lipinski definition) is 5. The maximum absolute atomic E-state index is 12.0. The van der Waals surface area contributed by atoms with Crippen molar-refractivity contribution in [3.63, 3.8) is 0 Å². The van der Waals surface area contributed by atoms with Crippen molar-refractivity contribution in [1.29, 1.82) is 0 Å². The molecule has 1 aromatic heterocycles. The lowest BCUT2D eigenvalue weighted by Gasteiger charge is -2.11. The molecule has 0 radical (unpaired) electrons. The Hall–Kier alpha value is -3.16. The average Bonchev–Trinajstić information content (AvgIpc) is 2.45. The fourth-order valence-corrected chi connectivity index (χ4v) is 1.97. The minimum Gasteiger partial charge on any atom is -0.493 e. The minimum atomic E-state index is -1.18. The summed E-state index contributed by atoms with van der Waals surface area (Å²) in [6.07, 6.45) is 0.930. The van der Waals surface area contributed by atoms with Crippen LogP contribution in [0.15, 0.2) is 32.8 Å². The van der Waals surface area contributed by atoms with Crippen molar-refractivity contribution in [3.05, 3.63) is 55.7 Å². The third-order valence-corrected chi connectivity index (χ3v) is 3.32. The number of aryl methyl sites for hydroxylation is 2. The van der Waals surface area contributed by atoms with E-state index in [-0.39, 0.29) is 5.56 Å². The van der Waals surface area contributed by atoms with Crippen LogP contribution in [0.3, 0.4) is 0 Å². The largest absolute Gasteiger partial charge is 0.493 e. The van der Waals surface area contributed by atoms with Gasteiger partial charge in [-0.1, -0.05) is 6.07 Å². The highest BCUT2D eigenvalue weighted by molar-refractivity contribution is 5.84. The van der Waals surface area contributed by atoms with Gasteiger partial charge in [0.2, 0.25) is 5.88 Å². The first-order chi connectivity index (χ1) is 10.8. The van der Waals surface area contributed by atoms with Crippen molar-refractivity contribution < 1.29 is 15.0 Å². The molecule has 0 amide bonds. The summed E-state index contributed by atoms with van der Waals surface area (Å²) in [4.78, 5) is 39.8. The van der Waals surface area contributed by atoms with E-state index in [1.54, 1.807) is 18.2 Å². The van der Waals surface area contributed by atoms with Crippen molar-refractivity contribution in [2.75, 3.05) is 6.54 Å². The van der Waals surface area contributed by atoms with E-state index in [4.69, 9.17) is 5.11 Å². The van der Waals surface area contributed by atoms with Gasteiger partial charge >= 0.3 is 11.7 Å². The van der Waals surface area contributed by atoms with Crippen LogP contribution in [0.5, 0.6) is 5.88 Å². The third-order valence-electron chi connectivity index (χ3n) is 3.32. The van der Waals surface area contributed by atoms with Crippen molar-refractivity contribution in [2.24, 2.45) is 4.99 Å². The normalized spacial score (nSPS) is 11.0. The summed E-state index contributed by atoms with van der Waals surface area (Å²) in [7, 11) is 0. The molecular formula is C15H15N3O5. The zero-order chi connectivity index (χ0) is 17.1. The number of carboxylic acid groups (broad SMARTS) is 1. The molecule has 0 aliphatic heterocycles. The average molecular weight is 317 g/mol. The summed E-state index contributed by atoms with van der Waals surface area (Å²) in [6.45, 7) is 3.20. The lowest BCUT2D eigenvalue weighted by Crippen LogP contribution is -2.31. The van der Waals surface area contributed by atoms with Gasteiger partial charge in [-0.3, -0.25) is 19.6 Å². The van der Waals surface area contributed by atoms with E-state index in [0.29, 0.717) is 5.69 Å². The number of aromatic nitrogens is 2. The van der Waals surface area contributed by atoms with E-state index >= 15 is 0 Å². The van der Waals surface area contributed by atoms with Gasteiger partial charge < -0.3 is 10.2 Å². The monoisotopic (exact) mass is 317 g/mol. The SMILES string of the molecule is Cc1ccc(-n2c(O)c(C=NCC(=O)O)c(=O)[nH]c2=O)cc1C. The maximum Gasteiger partial charge on any atom is 0.335 e. The first-order valence-electron chi connectivity index (χ1n) is 6.69. The van der Waals surface area contributed by atoms with Crippen LogP contribution in [0.1, 0.15) is 16.7 Å². The summed E-state index contributed by atoms with van der Waals surface area (Å²) < 4.78 is 0.927. The Morgan fingerprint density at radius 2 is 2.00 bits per heavy atom. The smallest absolute Gasteiger partial charge is 0.335 e. The molecule has 0 aliphatic carbocycles. The van der Waals surface area contributed by atoms with Crippen LogP contribution in [-0.4, -0.2) is 38.5 Å². The highest BCUT2D eigenvalue weighted by atomic mass is 16.4. The quantitative estimate of drug-likeness (QED) is 0.702. The number of aromatic amines is 1. The second-order valence-electron chi connectivity index (χ2n) is 4.96. The molecule has 0 spiro atoms. The molecule has 1 aromatic carbocycles. The Morgan fingerprint density at radius 1 is 1.30 bits per heavy atom. The van der Waals surface area contributed by atoms with Gasteiger partial charge in [0.05, 0.1) is 5.69 Å². The lowest BCUT2D eigenvalue weighted by atomic mass is 10.1. The summed E-state index contributed by atoms with van der Waals surface area (Å²) in [5, 5.41) is 18.8. The fraction of sp³-hybridized carbons (Fsp3) is 0.200. The Morgan fingerprint density at radius 3 is 2.61 bits per heavy atom. The number of carboxylic acids is 1. The zero-order valence-corrected chi connectivity index (χ0v) is 12.5. The summed E-state index contributed by atoms with van der Waals surface area (Å²) >= 11 is 0. The molecule has 0 saturated heterocycles. The molecule has 120 valence electrons. The number of aromatic hydroxyl groups is 1. The van der Waals surface area contributed by atoms with Crippen LogP contribution < -0.4 is 11.2 Å². The standard InChI is InChI=1S/C15H15N3O5/c1-8-3-4-10(5-9(8)2)18-14(22)11(6-16-7-12(19)20)13(21)17-15(18)23/h3-6,22H,7H2,1-2H3,(H,19,20)(H,17,21,23). The molecule has 3 N–H and O–H groups in total. The van der Waals surface area contributed by atoms with E-state index < -0.39 is 29.6 Å². The van der Waals surface area contributed by atoms with Crippen molar-refractivity contribution in [3.8, 4) is 11.6 Å². The molecule has 0 saturated carbocycles. The molecule has 0 bridgehead atoms. The number of benzene rings is 1. The molecule has 0 unspecified atom stereocenters. The number of nitrogens with zero attached hydrogens (tertiary/aromatic N) is 2. The predicted octanol–water partition coefficient (Wildman–Crippen LogP) is 0.352. The number of aliphatic imine (C=N–C) groups is 1.